The summed E-state index contributed by atoms with van der Waals surface area (Å²) in [5, 5.41) is 0. The van der Waals surface area contributed by atoms with Crippen LogP contribution in [-0.2, 0) is 0 Å². The maximum Gasteiger partial charge on any atom is 0.223 e. The Morgan fingerprint density at radius 2 is 0.444 bits per heavy atom. The fourth-order valence-electron chi connectivity index (χ4n) is 21.2. The average molecular weight is 1710 g/mol. The zero-order valence-corrected chi connectivity index (χ0v) is 69.7. The third-order valence-corrected chi connectivity index (χ3v) is 26.7. The Bertz CT molecular complexity index is 10800. The van der Waals surface area contributed by atoms with Gasteiger partial charge in [-0.3, -0.25) is 44.8 Å². The lowest BCUT2D eigenvalue weighted by Crippen LogP contribution is -1.98. The van der Waals surface area contributed by atoms with Gasteiger partial charge < -0.3 is 0 Å². The Kier molecular flexibility index (Phi) is 12.6. The standard InChI is InChI=1S/C33H19N7.2C26H15N5.C25H14N6/c1-2-10-21(11-3-1)37-25-15-7-4-12-22(25)34-31(37)20-18-28-30-29(19-20)39-27-17-9-6-14-24(27)36-33(39)40(30)32-35-23-13-5-8-16-26(23)38(28)32;2*1-2-8-16(9-3-1)17-14-22-24-23(15-17)30-21-13-7-5-11-19(21)28-26(30)31(24)25-27-18-10-4-6-12-20(18)29(22)25;1-3-10-19-17(8-1)27-24-29(19)21-13-15(16-7-5-6-12-26-16)14-22-23(21)31(24)25-28-18-9-2-4-11-20(18)30(22)25/h1-19H;2*1-15H;1-14H/i;1D,2D,3D,8D,9D;1D;. The maximum absolute atomic E-state index is 8.58. The van der Waals surface area contributed by atoms with Crippen LogP contribution in [0.15, 0.2) is 382 Å². The van der Waals surface area contributed by atoms with E-state index in [4.69, 9.17) is 53.1 Å². The summed E-state index contributed by atoms with van der Waals surface area (Å²) in [4.78, 5) is 49.7. The van der Waals surface area contributed by atoms with Crippen LogP contribution in [0.4, 0.5) is 0 Å². The van der Waals surface area contributed by atoms with Crippen molar-refractivity contribution in [1.29, 1.82) is 0 Å². The third kappa shape index (κ3) is 9.46. The van der Waals surface area contributed by atoms with Gasteiger partial charge >= 0.3 is 0 Å². The molecular formula is C110H63N23. The zero-order chi connectivity index (χ0) is 91.5. The first-order chi connectivity index (χ1) is 68.5. The molecule has 23 nitrogen and oxygen atoms in total. The van der Waals surface area contributed by atoms with Crippen molar-refractivity contribution in [3.05, 3.63) is 382 Å². The van der Waals surface area contributed by atoms with Crippen LogP contribution in [0.25, 0.3) is 262 Å². The highest BCUT2D eigenvalue weighted by molar-refractivity contribution is 6.11. The predicted octanol–water partition coefficient (Wildman–Crippen LogP) is 23.9. The first-order valence-corrected chi connectivity index (χ1v) is 43.8. The molecule has 0 saturated heterocycles. The van der Waals surface area contributed by atoms with Gasteiger partial charge in [0, 0.05) is 23.0 Å². The Morgan fingerprint density at radius 3 is 0.752 bits per heavy atom. The highest BCUT2D eigenvalue weighted by Gasteiger charge is 2.32. The molecule has 0 aliphatic heterocycles. The molecule has 0 spiro atoms. The number of hydrogen-bond donors (Lipinski definition) is 0. The Balaban J connectivity index is 0.0000000860. The first kappa shape index (κ1) is 64.8. The second-order valence-electron chi connectivity index (χ2n) is 33.8. The number of aromatic nitrogens is 23. The molecule has 34 rings (SSSR count). The summed E-state index contributed by atoms with van der Waals surface area (Å²) < 4.78 is 77.9. The lowest BCUT2D eigenvalue weighted by molar-refractivity contribution is 1.10. The molecule has 0 atom stereocenters. The van der Waals surface area contributed by atoms with Gasteiger partial charge in [-0.05, 0) is 204 Å². The number of pyridine rings is 1. The minimum absolute atomic E-state index is 0.169. The smallest absolute Gasteiger partial charge is 0.223 e. The van der Waals surface area contributed by atoms with E-state index in [1.54, 1.807) is 0 Å². The normalized spacial score (nSPS) is 13.1. The topological polar surface area (TPSA) is 187 Å². The quantitative estimate of drug-likeness (QED) is 0.160. The molecule has 18 aromatic heterocycles. The predicted molar refractivity (Wildman–Crippen MR) is 529 cm³/mol. The van der Waals surface area contributed by atoms with Gasteiger partial charge in [0.15, 0.2) is 0 Å². The van der Waals surface area contributed by atoms with Gasteiger partial charge in [-0.1, -0.05) is 194 Å². The fourth-order valence-corrected chi connectivity index (χ4v) is 21.2. The van der Waals surface area contributed by atoms with Crippen LogP contribution in [0, 0.1) is 0 Å². The van der Waals surface area contributed by atoms with Crippen molar-refractivity contribution in [3.63, 3.8) is 0 Å². The van der Waals surface area contributed by atoms with Gasteiger partial charge in [-0.2, -0.15) is 0 Å². The van der Waals surface area contributed by atoms with E-state index in [2.05, 4.69) is 252 Å². The summed E-state index contributed by atoms with van der Waals surface area (Å²) in [6, 6.07) is 114. The van der Waals surface area contributed by atoms with Crippen molar-refractivity contribution in [2.45, 2.75) is 0 Å². The van der Waals surface area contributed by atoms with Gasteiger partial charge in [0.05, 0.1) is 157 Å². The largest absolute Gasteiger partial charge is 0.292 e. The number of hydrogen-bond acceptors (Lipinski definition) is 10. The van der Waals surface area contributed by atoms with Gasteiger partial charge in [-0.25, -0.2) is 62.5 Å². The molecule has 0 N–H and O–H groups in total. The highest BCUT2D eigenvalue weighted by Crippen LogP contribution is 2.45. The first-order valence-electron chi connectivity index (χ1n) is 46.8. The molecule has 34 aromatic rings. The number of benzene rings is 16. The third-order valence-electron chi connectivity index (χ3n) is 26.7. The van der Waals surface area contributed by atoms with E-state index in [0.29, 0.717) is 23.2 Å². The molecule has 0 bridgehead atoms. The van der Waals surface area contributed by atoms with E-state index in [1.807, 2.05) is 156 Å². The summed E-state index contributed by atoms with van der Waals surface area (Å²) in [5.74, 6) is 7.54. The van der Waals surface area contributed by atoms with Crippen molar-refractivity contribution in [2.24, 2.45) is 0 Å². The van der Waals surface area contributed by atoms with Crippen molar-refractivity contribution < 1.29 is 8.22 Å². The second kappa shape index (κ2) is 25.9. The maximum atomic E-state index is 8.58. The molecule has 0 unspecified atom stereocenters. The second-order valence-corrected chi connectivity index (χ2v) is 33.8. The number of imidazole rings is 17. The monoisotopic (exact) mass is 1710 g/mol. The molecule has 16 aromatic carbocycles. The molecular weight excluding hydrogens is 1640 g/mol. The summed E-state index contributed by atoms with van der Waals surface area (Å²) in [6.45, 7) is 0. The molecule has 0 amide bonds. The molecule has 618 valence electrons. The van der Waals surface area contributed by atoms with Crippen LogP contribution in [0.1, 0.15) is 8.22 Å². The lowest BCUT2D eigenvalue weighted by atomic mass is 10.0. The van der Waals surface area contributed by atoms with Gasteiger partial charge in [0.2, 0.25) is 46.2 Å². The average Bonchev–Trinajstić information content (AvgIpc) is 1.53. The van der Waals surface area contributed by atoms with E-state index in [1.165, 1.54) is 0 Å². The van der Waals surface area contributed by atoms with Gasteiger partial charge in [0.25, 0.3) is 0 Å². The minimum Gasteiger partial charge on any atom is -0.292 e. The van der Waals surface area contributed by atoms with Crippen molar-refractivity contribution in [3.8, 4) is 50.6 Å². The zero-order valence-electron chi connectivity index (χ0n) is 75.7. The summed E-state index contributed by atoms with van der Waals surface area (Å²) in [6.07, 6.45) is 1.84. The van der Waals surface area contributed by atoms with Crippen LogP contribution >= 0.6 is 0 Å². The number of rotatable bonds is 5. The molecule has 0 aliphatic rings. The molecule has 18 heterocycles. The van der Waals surface area contributed by atoms with Crippen LogP contribution in [0.3, 0.4) is 0 Å². The van der Waals surface area contributed by atoms with Crippen LogP contribution in [-0.4, -0.2) is 107 Å². The van der Waals surface area contributed by atoms with E-state index < -0.39 is 6.04 Å². The fraction of sp³-hybridized carbons (Fsp3) is 0. The van der Waals surface area contributed by atoms with Crippen LogP contribution < -0.4 is 0 Å². The Hall–Kier alpha value is -18.9. The minimum atomic E-state index is -0.406. The highest BCUT2D eigenvalue weighted by atomic mass is 15.3. The van der Waals surface area contributed by atoms with E-state index in [-0.39, 0.29) is 29.7 Å². The SMILES string of the molecule is [2H]c1c([2H])c([2H])c(-c2cc3c4c(c2)n2c5ccccc5nc2n4c2nc4ccccc4n32)c([2H])c1[2H].[2H]c1ccc(-c2cc3c4c(c2)n2c5ccccc5nc2n4c2nc4ccccc4n32)cc1.c1ccc(-c2cc3c4c(c2)n2c5ccccc5nc2n4c2nc4ccccc4n32)nc1.c1ccc(-n2c(-c3cc4c5c(c3)n3c6ccccc6nc3n5c3nc5ccccc5n43)nc3ccccc32)cc1. The van der Waals surface area contributed by atoms with Crippen LogP contribution in [0.2, 0.25) is 0 Å². The van der Waals surface area contributed by atoms with Crippen molar-refractivity contribution in [1.82, 2.24) is 107 Å². The number of para-hydroxylation sites is 19. The molecule has 0 fully saturated rings. The molecule has 23 heteroatoms. The molecule has 0 radical (unpaired) electrons. The number of nitrogens with zero attached hydrogens (tertiary/aromatic N) is 23. The van der Waals surface area contributed by atoms with Crippen molar-refractivity contribution >= 4 is 212 Å². The van der Waals surface area contributed by atoms with Crippen LogP contribution in [0.5, 0.6) is 0 Å². The van der Waals surface area contributed by atoms with E-state index in [9.17, 15) is 0 Å². The molecule has 0 saturated carbocycles. The number of fused-ring (bicyclic) bond motifs is 41. The van der Waals surface area contributed by atoms with E-state index >= 15 is 0 Å². The molecule has 0 aliphatic carbocycles. The van der Waals surface area contributed by atoms with E-state index in [0.717, 1.165) is 240 Å². The van der Waals surface area contributed by atoms with Gasteiger partial charge in [-0.15, -0.1) is 0 Å². The Labute approximate surface area is 755 Å². The van der Waals surface area contributed by atoms with Crippen molar-refractivity contribution in [2.75, 3.05) is 0 Å². The summed E-state index contributed by atoms with van der Waals surface area (Å²) >= 11 is 0. The lowest BCUT2D eigenvalue weighted by Gasteiger charge is -2.10. The molecule has 133 heavy (non-hydrogen) atoms. The summed E-state index contributed by atoms with van der Waals surface area (Å²) in [5.41, 5.74) is 37.4. The summed E-state index contributed by atoms with van der Waals surface area (Å²) in [7, 11) is 0. The van der Waals surface area contributed by atoms with Gasteiger partial charge in [0.1, 0.15) is 27.9 Å². The Morgan fingerprint density at radius 1 is 0.180 bits per heavy atom.